The zero-order valence-electron chi connectivity index (χ0n) is 18.3. The first-order valence-electron chi connectivity index (χ1n) is 10.8. The number of aliphatic hydroxyl groups is 1. The molecule has 7 heteroatoms. The molecule has 1 aromatic carbocycles. The molecular weight excluding hydrogens is 398 g/mol. The van der Waals surface area contributed by atoms with Gasteiger partial charge in [0.2, 0.25) is 0 Å². The molecule has 0 spiro atoms. The fourth-order valence-corrected chi connectivity index (χ4v) is 4.17. The maximum Gasteiger partial charge on any atom is 0.170 e. The van der Waals surface area contributed by atoms with Crippen molar-refractivity contribution in [2.24, 2.45) is 5.84 Å². The summed E-state index contributed by atoms with van der Waals surface area (Å²) in [5.74, 6) is 7.48. The van der Waals surface area contributed by atoms with E-state index in [4.69, 9.17) is 33.1 Å². The number of benzene rings is 1. The Labute approximate surface area is 184 Å². The minimum absolute atomic E-state index is 0.319. The molecule has 164 valence electrons. The lowest BCUT2D eigenvalue weighted by molar-refractivity contribution is 0.00586. The molecule has 1 aliphatic carbocycles. The van der Waals surface area contributed by atoms with Gasteiger partial charge in [-0.2, -0.15) is 0 Å². The van der Waals surface area contributed by atoms with Crippen molar-refractivity contribution in [2.45, 2.75) is 83.3 Å². The molecular formula is C23H34ClN5O. The zero-order valence-corrected chi connectivity index (χ0v) is 19.0. The molecule has 3 rings (SSSR count). The van der Waals surface area contributed by atoms with Crippen molar-refractivity contribution in [3.8, 4) is 0 Å². The highest BCUT2D eigenvalue weighted by Gasteiger charge is 2.36. The van der Waals surface area contributed by atoms with Crippen LogP contribution in [0.2, 0.25) is 5.02 Å². The number of nitrogen functional groups attached to an aromatic ring is 1. The molecule has 1 heterocycles. The Morgan fingerprint density at radius 2 is 1.67 bits per heavy atom. The van der Waals surface area contributed by atoms with Crippen LogP contribution in [-0.2, 0) is 17.6 Å². The zero-order chi connectivity index (χ0) is 21.9. The number of nitrogens with zero attached hydrogens (tertiary/aromatic N) is 3. The van der Waals surface area contributed by atoms with Gasteiger partial charge in [-0.15, -0.1) is 0 Å². The Bertz CT molecular complexity index is 872. The van der Waals surface area contributed by atoms with Gasteiger partial charge in [-0.05, 0) is 24.5 Å². The first-order valence-corrected chi connectivity index (χ1v) is 11.2. The summed E-state index contributed by atoms with van der Waals surface area (Å²) in [5.41, 5.74) is 6.91. The summed E-state index contributed by atoms with van der Waals surface area (Å²) in [6.07, 6.45) is 6.63. The number of aromatic nitrogens is 2. The summed E-state index contributed by atoms with van der Waals surface area (Å²) in [5, 5.41) is 13.7. The van der Waals surface area contributed by atoms with E-state index >= 15 is 0 Å². The van der Waals surface area contributed by atoms with Crippen LogP contribution in [0.25, 0.3) is 0 Å². The fourth-order valence-electron chi connectivity index (χ4n) is 3.98. The van der Waals surface area contributed by atoms with Crippen LogP contribution >= 0.6 is 11.6 Å². The average molecular weight is 432 g/mol. The SMILES string of the molecule is CC(C)(C)c1nc(N(N)Cc2ccccc2Cl)c(N)c(C2(O)CCCCCCC2)n1. The molecule has 1 fully saturated rings. The number of hydrogen-bond acceptors (Lipinski definition) is 6. The number of hydrogen-bond donors (Lipinski definition) is 3. The highest BCUT2D eigenvalue weighted by atomic mass is 35.5. The van der Waals surface area contributed by atoms with Gasteiger partial charge in [-0.3, -0.25) is 5.01 Å². The summed E-state index contributed by atoms with van der Waals surface area (Å²) < 4.78 is 0. The van der Waals surface area contributed by atoms with Crippen molar-refractivity contribution in [1.82, 2.24) is 9.97 Å². The van der Waals surface area contributed by atoms with Gasteiger partial charge in [0.1, 0.15) is 22.8 Å². The van der Waals surface area contributed by atoms with Gasteiger partial charge >= 0.3 is 0 Å². The monoisotopic (exact) mass is 431 g/mol. The molecule has 0 aliphatic heterocycles. The summed E-state index contributed by atoms with van der Waals surface area (Å²) in [6.45, 7) is 6.48. The summed E-state index contributed by atoms with van der Waals surface area (Å²) in [4.78, 5) is 9.49. The lowest BCUT2D eigenvalue weighted by atomic mass is 9.83. The van der Waals surface area contributed by atoms with Gasteiger partial charge in [0, 0.05) is 10.4 Å². The second-order valence-corrected chi connectivity index (χ2v) is 9.81. The molecule has 1 aliphatic rings. The van der Waals surface area contributed by atoms with Crippen LogP contribution in [0.3, 0.4) is 0 Å². The van der Waals surface area contributed by atoms with Gasteiger partial charge in [0.25, 0.3) is 0 Å². The van der Waals surface area contributed by atoms with E-state index in [0.717, 1.165) is 31.2 Å². The number of anilines is 2. The molecule has 0 bridgehead atoms. The average Bonchev–Trinajstić information content (AvgIpc) is 2.66. The molecule has 2 aromatic rings. The van der Waals surface area contributed by atoms with E-state index in [9.17, 15) is 5.11 Å². The van der Waals surface area contributed by atoms with Crippen LogP contribution in [0.4, 0.5) is 11.5 Å². The van der Waals surface area contributed by atoms with E-state index in [1.807, 2.05) is 45.0 Å². The standard InChI is InChI=1S/C23H34ClN5O/c1-22(2,3)21-27-19(23(30)13-9-5-4-6-10-14-23)18(25)20(28-21)29(26)15-16-11-7-8-12-17(16)24/h7-8,11-12,30H,4-6,9-10,13-15,25-26H2,1-3H3. The maximum absolute atomic E-state index is 11.6. The van der Waals surface area contributed by atoms with Crippen molar-refractivity contribution in [3.63, 3.8) is 0 Å². The lowest BCUT2D eigenvalue weighted by Gasteiger charge is -2.33. The molecule has 1 saturated carbocycles. The van der Waals surface area contributed by atoms with Crippen LogP contribution in [0.1, 0.15) is 82.8 Å². The predicted molar refractivity (Wildman–Crippen MR) is 123 cm³/mol. The second kappa shape index (κ2) is 9.08. The van der Waals surface area contributed by atoms with Crippen LogP contribution in [0.5, 0.6) is 0 Å². The van der Waals surface area contributed by atoms with E-state index in [1.54, 1.807) is 0 Å². The third kappa shape index (κ3) is 5.05. The van der Waals surface area contributed by atoms with E-state index in [0.29, 0.717) is 47.4 Å². The number of hydrazine groups is 1. The topological polar surface area (TPSA) is 101 Å². The van der Waals surface area contributed by atoms with Crippen molar-refractivity contribution < 1.29 is 5.11 Å². The normalized spacial score (nSPS) is 17.3. The van der Waals surface area contributed by atoms with Crippen LogP contribution in [0, 0.1) is 0 Å². The number of nitrogens with two attached hydrogens (primary N) is 2. The summed E-state index contributed by atoms with van der Waals surface area (Å²) in [7, 11) is 0. The molecule has 5 N–H and O–H groups in total. The first kappa shape index (κ1) is 22.8. The van der Waals surface area contributed by atoms with Crippen molar-refractivity contribution in [2.75, 3.05) is 10.7 Å². The number of rotatable bonds is 4. The van der Waals surface area contributed by atoms with E-state index in [2.05, 4.69) is 0 Å². The Hall–Kier alpha value is -1.89. The van der Waals surface area contributed by atoms with Crippen LogP contribution in [0.15, 0.2) is 24.3 Å². The molecule has 1 aromatic heterocycles. The first-order chi connectivity index (χ1) is 14.1. The number of halogens is 1. The Morgan fingerprint density at radius 3 is 2.27 bits per heavy atom. The van der Waals surface area contributed by atoms with Crippen LogP contribution < -0.4 is 16.6 Å². The molecule has 0 saturated heterocycles. The molecule has 0 unspecified atom stereocenters. The van der Waals surface area contributed by atoms with Gasteiger partial charge in [0.05, 0.1) is 6.54 Å². The Morgan fingerprint density at radius 1 is 1.07 bits per heavy atom. The highest BCUT2D eigenvalue weighted by Crippen LogP contribution is 2.40. The van der Waals surface area contributed by atoms with E-state index in [1.165, 1.54) is 11.4 Å². The van der Waals surface area contributed by atoms with E-state index < -0.39 is 5.60 Å². The Balaban J connectivity index is 2.06. The van der Waals surface area contributed by atoms with Gasteiger partial charge in [0.15, 0.2) is 5.82 Å². The van der Waals surface area contributed by atoms with E-state index in [-0.39, 0.29) is 5.41 Å². The molecule has 30 heavy (non-hydrogen) atoms. The van der Waals surface area contributed by atoms with Crippen molar-refractivity contribution in [1.29, 1.82) is 0 Å². The minimum atomic E-state index is -1.06. The fraction of sp³-hybridized carbons (Fsp3) is 0.565. The quantitative estimate of drug-likeness (QED) is 0.473. The van der Waals surface area contributed by atoms with Crippen molar-refractivity contribution >= 4 is 23.1 Å². The summed E-state index contributed by atoms with van der Waals surface area (Å²) in [6, 6.07) is 7.55. The molecule has 0 atom stereocenters. The summed E-state index contributed by atoms with van der Waals surface area (Å²) >= 11 is 6.32. The van der Waals surface area contributed by atoms with Crippen LogP contribution in [-0.4, -0.2) is 15.1 Å². The molecule has 0 amide bonds. The third-order valence-electron chi connectivity index (χ3n) is 5.79. The molecule has 0 radical (unpaired) electrons. The Kier molecular flexibility index (Phi) is 6.90. The van der Waals surface area contributed by atoms with Gasteiger partial charge in [-0.25, -0.2) is 15.8 Å². The minimum Gasteiger partial charge on any atom is -0.394 e. The van der Waals surface area contributed by atoms with Gasteiger partial charge in [-0.1, -0.05) is 82.7 Å². The maximum atomic E-state index is 11.6. The second-order valence-electron chi connectivity index (χ2n) is 9.40. The molecule has 6 nitrogen and oxygen atoms in total. The highest BCUT2D eigenvalue weighted by molar-refractivity contribution is 6.31. The largest absolute Gasteiger partial charge is 0.394 e. The smallest absolute Gasteiger partial charge is 0.170 e. The lowest BCUT2D eigenvalue weighted by Crippen LogP contribution is -2.36. The van der Waals surface area contributed by atoms with Crippen molar-refractivity contribution in [3.05, 3.63) is 46.4 Å². The third-order valence-corrected chi connectivity index (χ3v) is 6.16. The predicted octanol–water partition coefficient (Wildman–Crippen LogP) is 4.82. The van der Waals surface area contributed by atoms with Gasteiger partial charge < -0.3 is 10.8 Å².